The van der Waals surface area contributed by atoms with Crippen molar-refractivity contribution >= 4 is 0 Å². The fraction of sp³-hybridized carbons (Fsp3) is 0. The standard InChI is InChI=1S/H2N2O3.Pd/c1-5-2(3)4;/h1H2;/q;+2. The zero-order valence-electron chi connectivity index (χ0n) is 2.57. The van der Waals surface area contributed by atoms with Gasteiger partial charge in [-0.2, -0.15) is 5.90 Å². The van der Waals surface area contributed by atoms with Crippen LogP contribution in [0.15, 0.2) is 0 Å². The first-order valence-corrected chi connectivity index (χ1v) is 0.783. The van der Waals surface area contributed by atoms with Gasteiger partial charge in [-0.3, -0.25) is 0 Å². The van der Waals surface area contributed by atoms with E-state index < -0.39 is 5.09 Å². The largest absolute Gasteiger partial charge is 2.00 e. The van der Waals surface area contributed by atoms with Gasteiger partial charge < -0.3 is 0 Å². The van der Waals surface area contributed by atoms with E-state index in [-0.39, 0.29) is 20.4 Å². The molecule has 0 amide bonds. The van der Waals surface area contributed by atoms with Crippen molar-refractivity contribution in [2.24, 2.45) is 5.90 Å². The van der Waals surface area contributed by atoms with Gasteiger partial charge in [0.05, 0.1) is 0 Å². The number of hydrogen-bond donors (Lipinski definition) is 1. The molecule has 0 unspecified atom stereocenters. The van der Waals surface area contributed by atoms with Crippen LogP contribution >= 0.6 is 0 Å². The van der Waals surface area contributed by atoms with Crippen LogP contribution in [0.3, 0.4) is 0 Å². The Hall–Kier alpha value is -0.178. The molecular formula is H2N2O3Pd+2. The van der Waals surface area contributed by atoms with E-state index in [0.29, 0.717) is 0 Å². The monoisotopic (exact) mass is 184 g/mol. The Balaban J connectivity index is 0. The Kier molecular flexibility index (Phi) is 7.45. The Morgan fingerprint density at radius 3 is 2.00 bits per heavy atom. The predicted octanol–water partition coefficient (Wildman–Crippen LogP) is -0.934. The van der Waals surface area contributed by atoms with Crippen LogP contribution in [0.1, 0.15) is 0 Å². The van der Waals surface area contributed by atoms with E-state index in [1.807, 2.05) is 0 Å². The SMILES string of the molecule is NO[N+](=O)[O-].[Pd+2]. The van der Waals surface area contributed by atoms with E-state index in [9.17, 15) is 0 Å². The smallest absolute Gasteiger partial charge is 0.223 e. The van der Waals surface area contributed by atoms with E-state index in [1.165, 1.54) is 0 Å². The molecule has 0 aliphatic rings. The molecule has 0 aromatic carbocycles. The van der Waals surface area contributed by atoms with Crippen molar-refractivity contribution in [3.63, 3.8) is 0 Å². The van der Waals surface area contributed by atoms with Crippen molar-refractivity contribution in [3.8, 4) is 0 Å². The van der Waals surface area contributed by atoms with Gasteiger partial charge in [-0.15, -0.1) is 10.1 Å². The van der Waals surface area contributed by atoms with Crippen molar-refractivity contribution < 1.29 is 30.4 Å². The Morgan fingerprint density at radius 1 is 1.83 bits per heavy atom. The minimum Gasteiger partial charge on any atom is -0.223 e. The molecule has 0 heterocycles. The molecule has 2 N–H and O–H groups in total. The molecule has 0 bridgehead atoms. The van der Waals surface area contributed by atoms with E-state index >= 15 is 0 Å². The van der Waals surface area contributed by atoms with E-state index in [2.05, 4.69) is 10.8 Å². The summed E-state index contributed by atoms with van der Waals surface area (Å²) in [4.78, 5) is 11.8. The summed E-state index contributed by atoms with van der Waals surface area (Å²) in [5, 5.41) is 7.73. The van der Waals surface area contributed by atoms with Gasteiger partial charge in [0.1, 0.15) is 0 Å². The number of hydrogen-bond acceptors (Lipinski definition) is 4. The molecule has 0 spiro atoms. The Bertz CT molecular complexity index is 44.1. The molecule has 38 valence electrons. The number of rotatable bonds is 1. The summed E-state index contributed by atoms with van der Waals surface area (Å²) in [5.41, 5.74) is 0. The zero-order valence-corrected chi connectivity index (χ0v) is 4.12. The second-order valence-corrected chi connectivity index (χ2v) is 0.329. The maximum absolute atomic E-state index is 8.83. The van der Waals surface area contributed by atoms with Gasteiger partial charge in [-0.25, -0.2) is 4.94 Å². The molecular weight excluding hydrogens is 182 g/mol. The van der Waals surface area contributed by atoms with Crippen molar-refractivity contribution in [1.82, 2.24) is 0 Å². The maximum atomic E-state index is 8.83. The number of nitrogens with zero attached hydrogens (tertiary/aromatic N) is 1. The molecule has 0 fully saturated rings. The maximum Gasteiger partial charge on any atom is 2.00 e. The molecule has 0 radical (unpaired) electrons. The number of nitrogens with two attached hydrogens (primary N) is 1. The second-order valence-electron chi connectivity index (χ2n) is 0.329. The Morgan fingerprint density at radius 2 is 2.00 bits per heavy atom. The molecule has 6 heavy (non-hydrogen) atoms. The van der Waals surface area contributed by atoms with Crippen LogP contribution in [0, 0.1) is 10.1 Å². The molecule has 0 atom stereocenters. The average molecular weight is 184 g/mol. The first kappa shape index (κ1) is 9.27. The minimum absolute atomic E-state index is 0. The van der Waals surface area contributed by atoms with Crippen molar-refractivity contribution in [2.75, 3.05) is 0 Å². The van der Waals surface area contributed by atoms with Gasteiger partial charge >= 0.3 is 25.5 Å². The summed E-state index contributed by atoms with van der Waals surface area (Å²) in [6.45, 7) is 0. The zero-order chi connectivity index (χ0) is 4.28. The van der Waals surface area contributed by atoms with Gasteiger partial charge in [-0.05, 0) is 0 Å². The van der Waals surface area contributed by atoms with E-state index in [1.54, 1.807) is 0 Å². The molecule has 0 aliphatic heterocycles. The first-order chi connectivity index (χ1) is 2.27. The normalized spacial score (nSPS) is 5.50. The van der Waals surface area contributed by atoms with Gasteiger partial charge in [0, 0.05) is 0 Å². The van der Waals surface area contributed by atoms with Gasteiger partial charge in [0.2, 0.25) is 0 Å². The first-order valence-electron chi connectivity index (χ1n) is 0.783. The van der Waals surface area contributed by atoms with Gasteiger partial charge in [0.25, 0.3) is 0 Å². The third-order valence-electron chi connectivity index (χ3n) is 0.0861. The van der Waals surface area contributed by atoms with Crippen LogP contribution in [0.2, 0.25) is 0 Å². The van der Waals surface area contributed by atoms with E-state index in [4.69, 9.17) is 10.1 Å². The van der Waals surface area contributed by atoms with Crippen molar-refractivity contribution in [3.05, 3.63) is 10.1 Å². The van der Waals surface area contributed by atoms with Crippen molar-refractivity contribution in [1.29, 1.82) is 0 Å². The summed E-state index contributed by atoms with van der Waals surface area (Å²) in [5.74, 6) is 3.97. The average Bonchev–Trinajstić information content (AvgIpc) is 1.38. The van der Waals surface area contributed by atoms with Crippen LogP contribution in [-0.4, -0.2) is 5.09 Å². The molecule has 5 nitrogen and oxygen atoms in total. The van der Waals surface area contributed by atoms with Gasteiger partial charge in [-0.1, -0.05) is 0 Å². The van der Waals surface area contributed by atoms with Crippen LogP contribution in [0.5, 0.6) is 0 Å². The third kappa shape index (κ3) is 9.17. The topological polar surface area (TPSA) is 78.4 Å². The van der Waals surface area contributed by atoms with Crippen molar-refractivity contribution in [2.45, 2.75) is 0 Å². The minimum atomic E-state index is -1.10. The molecule has 0 rings (SSSR count). The molecule has 6 heteroatoms. The molecule has 0 saturated heterocycles. The predicted molar refractivity (Wildman–Crippen MR) is 12.3 cm³/mol. The van der Waals surface area contributed by atoms with Gasteiger partial charge in [0.15, 0.2) is 0 Å². The van der Waals surface area contributed by atoms with Crippen LogP contribution < -0.4 is 5.90 Å². The van der Waals surface area contributed by atoms with Crippen LogP contribution in [0.4, 0.5) is 0 Å². The molecule has 0 saturated carbocycles. The summed E-state index contributed by atoms with van der Waals surface area (Å²) >= 11 is 0. The summed E-state index contributed by atoms with van der Waals surface area (Å²) < 4.78 is 0. The molecule has 0 aromatic heterocycles. The van der Waals surface area contributed by atoms with E-state index in [0.717, 1.165) is 0 Å². The fourth-order valence-electron chi connectivity index (χ4n) is 0. The summed E-state index contributed by atoms with van der Waals surface area (Å²) in [6, 6.07) is 0. The quantitative estimate of drug-likeness (QED) is 0.324. The fourth-order valence-corrected chi connectivity index (χ4v) is 0. The summed E-state index contributed by atoms with van der Waals surface area (Å²) in [6.07, 6.45) is 0. The molecule has 0 aromatic rings. The summed E-state index contributed by atoms with van der Waals surface area (Å²) in [7, 11) is 0. The van der Waals surface area contributed by atoms with Crippen LogP contribution in [-0.2, 0) is 25.4 Å². The second kappa shape index (κ2) is 4.82. The third-order valence-corrected chi connectivity index (χ3v) is 0.0861. The Labute approximate surface area is 47.2 Å². The molecule has 0 aliphatic carbocycles. The van der Waals surface area contributed by atoms with Crippen LogP contribution in [0.25, 0.3) is 0 Å².